The Bertz CT molecular complexity index is 695. The number of nitrogens with one attached hydrogen (secondary N) is 1. The highest BCUT2D eigenvalue weighted by molar-refractivity contribution is 7.99. The van der Waals surface area contributed by atoms with Crippen LogP contribution >= 0.6 is 11.8 Å². The average Bonchev–Trinajstić information content (AvgIpc) is 2.42. The second kappa shape index (κ2) is 6.02. The van der Waals surface area contributed by atoms with Crippen LogP contribution in [0.1, 0.15) is 17.7 Å². The van der Waals surface area contributed by atoms with Gasteiger partial charge in [-0.2, -0.15) is 4.98 Å². The van der Waals surface area contributed by atoms with Gasteiger partial charge in [-0.05, 0) is 18.6 Å². The number of rotatable bonds is 4. The van der Waals surface area contributed by atoms with E-state index >= 15 is 0 Å². The van der Waals surface area contributed by atoms with E-state index < -0.39 is 11.1 Å². The summed E-state index contributed by atoms with van der Waals surface area (Å²) in [4.78, 5) is 30.4. The Labute approximate surface area is 119 Å². The molecule has 7 nitrogen and oxygen atoms in total. The summed E-state index contributed by atoms with van der Waals surface area (Å²) >= 11 is 1.32. The number of hydrogen-bond donors (Lipinski definition) is 2. The first-order valence-corrected chi connectivity index (χ1v) is 6.86. The van der Waals surface area contributed by atoms with Crippen LogP contribution in [0.5, 0.6) is 0 Å². The van der Waals surface area contributed by atoms with Crippen molar-refractivity contribution < 1.29 is 0 Å². The fourth-order valence-electron chi connectivity index (χ4n) is 1.70. The van der Waals surface area contributed by atoms with Crippen LogP contribution in [0, 0.1) is 0 Å². The van der Waals surface area contributed by atoms with Gasteiger partial charge in [0.25, 0.3) is 0 Å². The van der Waals surface area contributed by atoms with Crippen LogP contribution in [0.25, 0.3) is 0 Å². The summed E-state index contributed by atoms with van der Waals surface area (Å²) in [5, 5.41) is 2.70. The Morgan fingerprint density at radius 1 is 1.45 bits per heavy atom. The molecule has 2 heterocycles. The van der Waals surface area contributed by atoms with Gasteiger partial charge in [-0.25, -0.2) is 0 Å². The first-order chi connectivity index (χ1) is 9.49. The maximum Gasteiger partial charge on any atom is 0.339 e. The molecule has 0 spiro atoms. The number of thioether (sulfide) groups is 1. The summed E-state index contributed by atoms with van der Waals surface area (Å²) in [6, 6.07) is 3.57. The minimum Gasteiger partial charge on any atom is -0.327 e. The summed E-state index contributed by atoms with van der Waals surface area (Å²) in [6.45, 7) is 1.87. The van der Waals surface area contributed by atoms with E-state index in [1.807, 2.05) is 19.1 Å². The maximum absolute atomic E-state index is 11.4. The largest absolute Gasteiger partial charge is 0.339 e. The highest BCUT2D eigenvalue weighted by atomic mass is 32.2. The first kappa shape index (κ1) is 14.5. The second-order valence-corrected chi connectivity index (χ2v) is 5.49. The SMILES string of the molecule is CC(N)C(Sc1nc(=O)c(=O)[nH]n1C)c1cccnc1. The van der Waals surface area contributed by atoms with E-state index in [0.717, 1.165) is 5.56 Å². The van der Waals surface area contributed by atoms with Crippen LogP contribution in [0.3, 0.4) is 0 Å². The summed E-state index contributed by atoms with van der Waals surface area (Å²) < 4.78 is 1.42. The van der Waals surface area contributed by atoms with Gasteiger partial charge in [-0.1, -0.05) is 17.8 Å². The molecule has 3 N–H and O–H groups in total. The van der Waals surface area contributed by atoms with Crippen LogP contribution < -0.4 is 16.9 Å². The number of nitrogens with zero attached hydrogens (tertiary/aromatic N) is 3. The van der Waals surface area contributed by atoms with Gasteiger partial charge >= 0.3 is 11.1 Å². The van der Waals surface area contributed by atoms with Crippen LogP contribution in [0.15, 0.2) is 39.3 Å². The molecule has 2 aromatic heterocycles. The summed E-state index contributed by atoms with van der Waals surface area (Å²) in [5.74, 6) is 0. The predicted octanol–water partition coefficient (Wildman–Crippen LogP) is 0.0442. The number of aromatic nitrogens is 4. The maximum atomic E-state index is 11.4. The number of aromatic amines is 1. The molecule has 2 atom stereocenters. The number of hydrogen-bond acceptors (Lipinski definition) is 6. The molecule has 0 amide bonds. The van der Waals surface area contributed by atoms with Gasteiger partial charge in [0.1, 0.15) is 0 Å². The lowest BCUT2D eigenvalue weighted by molar-refractivity contribution is 0.592. The third kappa shape index (κ3) is 3.14. The molecule has 8 heteroatoms. The molecule has 0 bridgehead atoms. The fourth-order valence-corrected chi connectivity index (χ4v) is 2.76. The molecule has 0 aromatic carbocycles. The smallest absolute Gasteiger partial charge is 0.327 e. The predicted molar refractivity (Wildman–Crippen MR) is 76.6 cm³/mol. The molecule has 0 saturated heterocycles. The monoisotopic (exact) mass is 293 g/mol. The number of nitrogens with two attached hydrogens (primary N) is 1. The quantitative estimate of drug-likeness (QED) is 0.609. The normalized spacial score (nSPS) is 13.9. The first-order valence-electron chi connectivity index (χ1n) is 5.98. The number of H-pyrrole nitrogens is 1. The zero-order chi connectivity index (χ0) is 14.7. The van der Waals surface area contributed by atoms with Gasteiger partial charge in [0, 0.05) is 25.5 Å². The van der Waals surface area contributed by atoms with Crippen molar-refractivity contribution in [1.82, 2.24) is 19.7 Å². The molecule has 0 aliphatic rings. The lowest BCUT2D eigenvalue weighted by Gasteiger charge is -2.20. The lowest BCUT2D eigenvalue weighted by Crippen LogP contribution is -2.34. The zero-order valence-electron chi connectivity index (χ0n) is 11.1. The van der Waals surface area contributed by atoms with Crippen molar-refractivity contribution in [3.8, 4) is 0 Å². The van der Waals surface area contributed by atoms with Crippen molar-refractivity contribution in [1.29, 1.82) is 0 Å². The van der Waals surface area contributed by atoms with E-state index in [-0.39, 0.29) is 11.3 Å². The van der Waals surface area contributed by atoms with Crippen molar-refractivity contribution in [2.24, 2.45) is 12.8 Å². The Morgan fingerprint density at radius 3 is 2.80 bits per heavy atom. The molecule has 0 aliphatic heterocycles. The molecule has 20 heavy (non-hydrogen) atoms. The van der Waals surface area contributed by atoms with Crippen LogP contribution in [0.2, 0.25) is 0 Å². The van der Waals surface area contributed by atoms with E-state index in [1.54, 1.807) is 19.4 Å². The van der Waals surface area contributed by atoms with Gasteiger partial charge in [-0.15, -0.1) is 0 Å². The third-order valence-electron chi connectivity index (χ3n) is 2.67. The van der Waals surface area contributed by atoms with Crippen molar-refractivity contribution in [3.63, 3.8) is 0 Å². The van der Waals surface area contributed by atoms with E-state index in [0.29, 0.717) is 5.16 Å². The fraction of sp³-hybridized carbons (Fsp3) is 0.333. The van der Waals surface area contributed by atoms with E-state index in [1.165, 1.54) is 16.4 Å². The van der Waals surface area contributed by atoms with Gasteiger partial charge in [0.05, 0.1) is 5.25 Å². The Morgan fingerprint density at radius 2 is 2.20 bits per heavy atom. The summed E-state index contributed by atoms with van der Waals surface area (Å²) in [5.41, 5.74) is 5.39. The molecule has 0 aliphatic carbocycles. The van der Waals surface area contributed by atoms with Crippen LogP contribution in [0.4, 0.5) is 0 Å². The van der Waals surface area contributed by atoms with Gasteiger partial charge < -0.3 is 5.73 Å². The third-order valence-corrected chi connectivity index (χ3v) is 4.20. The molecule has 0 radical (unpaired) electrons. The van der Waals surface area contributed by atoms with E-state index in [4.69, 9.17) is 5.73 Å². The topological polar surface area (TPSA) is 107 Å². The minimum absolute atomic E-state index is 0.118. The Kier molecular flexibility index (Phi) is 4.35. The van der Waals surface area contributed by atoms with Crippen LogP contribution in [-0.4, -0.2) is 25.8 Å². The number of aryl methyl sites for hydroxylation is 1. The standard InChI is InChI=1S/C12H15N5O2S/c1-7(13)9(8-4-3-5-14-6-8)20-12-15-10(18)11(19)16-17(12)2/h3-7,9H,13H2,1-2H3,(H,16,19). The molecular weight excluding hydrogens is 278 g/mol. The Balaban J connectivity index is 2.37. The summed E-state index contributed by atoms with van der Waals surface area (Å²) in [7, 11) is 1.62. The van der Waals surface area contributed by atoms with Crippen molar-refractivity contribution in [2.75, 3.05) is 0 Å². The molecule has 0 fully saturated rings. The van der Waals surface area contributed by atoms with Gasteiger partial charge in [-0.3, -0.25) is 24.4 Å². The van der Waals surface area contributed by atoms with Crippen LogP contribution in [-0.2, 0) is 7.05 Å². The van der Waals surface area contributed by atoms with E-state index in [2.05, 4.69) is 15.1 Å². The average molecular weight is 293 g/mol. The lowest BCUT2D eigenvalue weighted by atomic mass is 10.1. The highest BCUT2D eigenvalue weighted by Gasteiger charge is 2.20. The molecule has 0 saturated carbocycles. The van der Waals surface area contributed by atoms with Gasteiger partial charge in [0.15, 0.2) is 5.16 Å². The highest BCUT2D eigenvalue weighted by Crippen LogP contribution is 2.34. The molecule has 2 rings (SSSR count). The molecule has 106 valence electrons. The van der Waals surface area contributed by atoms with Crippen molar-refractivity contribution in [3.05, 3.63) is 50.8 Å². The molecular formula is C12H15N5O2S. The van der Waals surface area contributed by atoms with Crippen molar-refractivity contribution in [2.45, 2.75) is 23.4 Å². The summed E-state index contributed by atoms with van der Waals surface area (Å²) in [6.07, 6.45) is 3.41. The van der Waals surface area contributed by atoms with Gasteiger partial charge in [0.2, 0.25) is 0 Å². The van der Waals surface area contributed by atoms with E-state index in [9.17, 15) is 9.59 Å². The number of pyridine rings is 1. The second-order valence-electron chi connectivity index (χ2n) is 4.38. The molecule has 2 unspecified atom stereocenters. The molecule has 2 aromatic rings. The zero-order valence-corrected chi connectivity index (χ0v) is 11.9. The minimum atomic E-state index is -0.805. The Hall–Kier alpha value is -1.93. The van der Waals surface area contributed by atoms with Crippen molar-refractivity contribution >= 4 is 11.8 Å².